The van der Waals surface area contributed by atoms with Gasteiger partial charge in [0.2, 0.25) is 0 Å². The summed E-state index contributed by atoms with van der Waals surface area (Å²) in [6, 6.07) is 9.38. The molecule has 1 N–H and O–H groups in total. The minimum atomic E-state index is 0.560. The Bertz CT molecular complexity index is 504. The Balaban J connectivity index is 2.10. The van der Waals surface area contributed by atoms with Crippen LogP contribution in [0.1, 0.15) is 46.1 Å². The van der Waals surface area contributed by atoms with Crippen molar-refractivity contribution in [3.63, 3.8) is 0 Å². The highest BCUT2D eigenvalue weighted by molar-refractivity contribution is 5.84. The first kappa shape index (κ1) is 16.1. The molecule has 2 nitrogen and oxygen atoms in total. The van der Waals surface area contributed by atoms with Crippen LogP contribution in [-0.4, -0.2) is 17.2 Å². The van der Waals surface area contributed by atoms with Gasteiger partial charge in [0.1, 0.15) is 0 Å². The molecule has 0 aliphatic carbocycles. The van der Waals surface area contributed by atoms with E-state index >= 15 is 0 Å². The number of fused-ring (bicyclic) bond motifs is 1. The molecule has 2 heteroatoms. The summed E-state index contributed by atoms with van der Waals surface area (Å²) in [6.45, 7) is 11.2. The molecule has 0 saturated carbocycles. The Hall–Kier alpha value is -1.28. The molecular weight excluding hydrogens is 256 g/mol. The smallest absolute Gasteiger partial charge is 0.0483 e. The minimum Gasteiger partial charge on any atom is -0.347 e. The third-order valence-electron chi connectivity index (χ3n) is 4.00. The zero-order chi connectivity index (χ0) is 15.2. The van der Waals surface area contributed by atoms with Gasteiger partial charge in [-0.15, -0.1) is 0 Å². The molecule has 0 amide bonds. The zero-order valence-electron chi connectivity index (χ0n) is 14.0. The van der Waals surface area contributed by atoms with Crippen molar-refractivity contribution >= 4 is 10.9 Å². The number of hydrogen-bond donors (Lipinski definition) is 1. The molecule has 0 atom stereocenters. The Kier molecular flexibility index (Phi) is 5.86. The largest absolute Gasteiger partial charge is 0.347 e. The lowest BCUT2D eigenvalue weighted by molar-refractivity contribution is 0.517. The maximum absolute atomic E-state index is 3.52. The number of aryl methyl sites for hydroxylation is 1. The minimum absolute atomic E-state index is 0.560. The van der Waals surface area contributed by atoms with Crippen LogP contribution in [0.4, 0.5) is 0 Å². The molecule has 116 valence electrons. The van der Waals surface area contributed by atoms with E-state index in [1.54, 1.807) is 0 Å². The summed E-state index contributed by atoms with van der Waals surface area (Å²) in [5.41, 5.74) is 2.86. The highest BCUT2D eigenvalue weighted by atomic mass is 15.0. The second kappa shape index (κ2) is 7.65. The van der Waals surface area contributed by atoms with Gasteiger partial charge >= 0.3 is 0 Å². The number of nitrogens with zero attached hydrogens (tertiary/aromatic N) is 1. The van der Waals surface area contributed by atoms with Gasteiger partial charge in [0, 0.05) is 29.7 Å². The van der Waals surface area contributed by atoms with Gasteiger partial charge in [0.25, 0.3) is 0 Å². The molecule has 0 bridgehead atoms. The fourth-order valence-corrected chi connectivity index (χ4v) is 2.87. The monoisotopic (exact) mass is 286 g/mol. The van der Waals surface area contributed by atoms with Gasteiger partial charge < -0.3 is 9.88 Å². The van der Waals surface area contributed by atoms with Crippen LogP contribution in [-0.2, 0) is 13.0 Å². The number of aromatic nitrogens is 1. The predicted molar refractivity (Wildman–Crippen MR) is 92.9 cm³/mol. The lowest BCUT2D eigenvalue weighted by atomic mass is 10.1. The van der Waals surface area contributed by atoms with E-state index in [2.05, 4.69) is 68.0 Å². The van der Waals surface area contributed by atoms with Gasteiger partial charge in [0.05, 0.1) is 0 Å². The van der Waals surface area contributed by atoms with Crippen molar-refractivity contribution in [1.82, 2.24) is 9.88 Å². The van der Waals surface area contributed by atoms with Crippen molar-refractivity contribution in [3.05, 3.63) is 36.0 Å². The fourth-order valence-electron chi connectivity index (χ4n) is 2.87. The molecule has 0 aliphatic heterocycles. The molecule has 0 radical (unpaired) electrons. The van der Waals surface area contributed by atoms with Crippen LogP contribution < -0.4 is 5.32 Å². The zero-order valence-corrected chi connectivity index (χ0v) is 14.0. The second-order valence-electron chi connectivity index (χ2n) is 6.76. The molecule has 0 aliphatic rings. The van der Waals surface area contributed by atoms with E-state index in [4.69, 9.17) is 0 Å². The lowest BCUT2D eigenvalue weighted by Crippen LogP contribution is -2.24. The van der Waals surface area contributed by atoms with Gasteiger partial charge in [-0.25, -0.2) is 0 Å². The van der Waals surface area contributed by atoms with Crippen molar-refractivity contribution < 1.29 is 0 Å². The average Bonchev–Trinajstić information content (AvgIpc) is 2.77. The van der Waals surface area contributed by atoms with Gasteiger partial charge in [0.15, 0.2) is 0 Å². The van der Waals surface area contributed by atoms with E-state index in [1.807, 2.05) is 0 Å². The number of rotatable bonds is 8. The maximum atomic E-state index is 3.52. The standard InChI is InChI=1S/C19H30N2/c1-15(2)8-7-13-21-14-17(11-12-20-16(3)4)18-9-5-6-10-19(18)21/h5-6,9-10,14-16,20H,7-8,11-13H2,1-4H3. The van der Waals surface area contributed by atoms with E-state index in [9.17, 15) is 0 Å². The van der Waals surface area contributed by atoms with E-state index < -0.39 is 0 Å². The van der Waals surface area contributed by atoms with Gasteiger partial charge in [-0.2, -0.15) is 0 Å². The van der Waals surface area contributed by atoms with Crippen molar-refractivity contribution in [1.29, 1.82) is 0 Å². The predicted octanol–water partition coefficient (Wildman–Crippen LogP) is 4.62. The Morgan fingerprint density at radius 3 is 2.57 bits per heavy atom. The molecule has 0 saturated heterocycles. The van der Waals surface area contributed by atoms with Gasteiger partial charge in [-0.3, -0.25) is 0 Å². The van der Waals surface area contributed by atoms with Gasteiger partial charge in [-0.05, 0) is 43.4 Å². The summed E-state index contributed by atoms with van der Waals surface area (Å²) in [4.78, 5) is 0. The van der Waals surface area contributed by atoms with E-state index in [0.717, 1.165) is 25.4 Å². The summed E-state index contributed by atoms with van der Waals surface area (Å²) in [5, 5.41) is 4.94. The first-order valence-electron chi connectivity index (χ1n) is 8.38. The molecule has 0 unspecified atom stereocenters. The van der Waals surface area contributed by atoms with E-state index in [-0.39, 0.29) is 0 Å². The van der Waals surface area contributed by atoms with Crippen LogP contribution in [0.25, 0.3) is 10.9 Å². The summed E-state index contributed by atoms with van der Waals surface area (Å²) < 4.78 is 2.45. The van der Waals surface area contributed by atoms with E-state index in [0.29, 0.717) is 6.04 Å². The first-order chi connectivity index (χ1) is 10.1. The molecule has 0 spiro atoms. The van der Waals surface area contributed by atoms with Crippen molar-refractivity contribution in [2.24, 2.45) is 5.92 Å². The number of benzene rings is 1. The molecule has 1 aromatic heterocycles. The third-order valence-corrected chi connectivity index (χ3v) is 4.00. The topological polar surface area (TPSA) is 17.0 Å². The molecule has 2 rings (SSSR count). The van der Waals surface area contributed by atoms with Crippen molar-refractivity contribution in [3.8, 4) is 0 Å². The second-order valence-corrected chi connectivity index (χ2v) is 6.76. The van der Waals surface area contributed by atoms with Crippen LogP contribution in [0.15, 0.2) is 30.5 Å². The maximum Gasteiger partial charge on any atom is 0.0483 e. The molecule has 0 fully saturated rings. The Labute approximate surface area is 129 Å². The van der Waals surface area contributed by atoms with Crippen LogP contribution in [0.3, 0.4) is 0 Å². The van der Waals surface area contributed by atoms with Crippen molar-refractivity contribution in [2.75, 3.05) is 6.54 Å². The molecular formula is C19H30N2. The lowest BCUT2D eigenvalue weighted by Gasteiger charge is -2.07. The summed E-state index contributed by atoms with van der Waals surface area (Å²) >= 11 is 0. The highest BCUT2D eigenvalue weighted by Crippen LogP contribution is 2.22. The van der Waals surface area contributed by atoms with Crippen LogP contribution in [0.2, 0.25) is 0 Å². The molecule has 2 aromatic rings. The third kappa shape index (κ3) is 4.60. The molecule has 1 aromatic carbocycles. The Morgan fingerprint density at radius 1 is 1.10 bits per heavy atom. The van der Waals surface area contributed by atoms with Crippen LogP contribution >= 0.6 is 0 Å². The number of para-hydroxylation sites is 1. The average molecular weight is 286 g/mol. The molecule has 1 heterocycles. The van der Waals surface area contributed by atoms with E-state index in [1.165, 1.54) is 29.3 Å². The quantitative estimate of drug-likeness (QED) is 0.749. The SMILES string of the molecule is CC(C)CCCn1cc(CCNC(C)C)c2ccccc21. The van der Waals surface area contributed by atoms with Gasteiger partial charge in [-0.1, -0.05) is 45.9 Å². The summed E-state index contributed by atoms with van der Waals surface area (Å²) in [6.07, 6.45) is 6.04. The summed E-state index contributed by atoms with van der Waals surface area (Å²) in [7, 11) is 0. The highest BCUT2D eigenvalue weighted by Gasteiger charge is 2.08. The van der Waals surface area contributed by atoms with Crippen LogP contribution in [0, 0.1) is 5.92 Å². The van der Waals surface area contributed by atoms with Crippen molar-refractivity contribution in [2.45, 2.75) is 59.5 Å². The summed E-state index contributed by atoms with van der Waals surface area (Å²) in [5.74, 6) is 0.793. The molecule has 21 heavy (non-hydrogen) atoms. The number of nitrogens with one attached hydrogen (secondary N) is 1. The first-order valence-corrected chi connectivity index (χ1v) is 8.38. The fraction of sp³-hybridized carbons (Fsp3) is 0.579. The Morgan fingerprint density at radius 2 is 1.86 bits per heavy atom. The normalized spacial score (nSPS) is 11.9. The van der Waals surface area contributed by atoms with Crippen LogP contribution in [0.5, 0.6) is 0 Å². The number of hydrogen-bond acceptors (Lipinski definition) is 1.